The minimum Gasteiger partial charge on any atom is -0.375 e. The summed E-state index contributed by atoms with van der Waals surface area (Å²) >= 11 is 1.72. The van der Waals surface area contributed by atoms with Crippen molar-refractivity contribution in [2.75, 3.05) is 6.61 Å². The van der Waals surface area contributed by atoms with E-state index >= 15 is 0 Å². The van der Waals surface area contributed by atoms with Crippen LogP contribution in [-0.4, -0.2) is 17.5 Å². The van der Waals surface area contributed by atoms with Crippen LogP contribution in [0, 0.1) is 0 Å². The Morgan fingerprint density at radius 2 is 2.32 bits per heavy atom. The molecular weight excluding hydrogens is 262 g/mol. The van der Waals surface area contributed by atoms with E-state index in [1.165, 1.54) is 11.1 Å². The van der Waals surface area contributed by atoms with Crippen molar-refractivity contribution in [1.29, 1.82) is 0 Å². The standard InChI is InChI=1S/C13H15N3O2S/c14-16-13(17)10-3-4-11(15-8-10)9-18-6-5-12-2-1-7-19-12/h1-4,7-8H,5-6,9,14H2,(H,16,17). The minimum atomic E-state index is -0.349. The van der Waals surface area contributed by atoms with E-state index in [-0.39, 0.29) is 5.91 Å². The van der Waals surface area contributed by atoms with E-state index in [1.54, 1.807) is 23.5 Å². The van der Waals surface area contributed by atoms with Crippen LogP contribution in [0.15, 0.2) is 35.8 Å². The molecule has 5 nitrogen and oxygen atoms in total. The fourth-order valence-electron chi connectivity index (χ4n) is 1.53. The largest absolute Gasteiger partial charge is 0.375 e. The Labute approximate surface area is 115 Å². The molecule has 0 saturated carbocycles. The van der Waals surface area contributed by atoms with Crippen molar-refractivity contribution in [2.45, 2.75) is 13.0 Å². The summed E-state index contributed by atoms with van der Waals surface area (Å²) in [7, 11) is 0. The quantitative estimate of drug-likeness (QED) is 0.363. The number of nitrogens with one attached hydrogen (secondary N) is 1. The number of hydrogen-bond donors (Lipinski definition) is 2. The van der Waals surface area contributed by atoms with Gasteiger partial charge in [-0.15, -0.1) is 11.3 Å². The fourth-order valence-corrected chi connectivity index (χ4v) is 2.22. The molecule has 0 aliphatic heterocycles. The number of carbonyl (C=O) groups is 1. The van der Waals surface area contributed by atoms with Crippen LogP contribution in [0.3, 0.4) is 0 Å². The normalized spacial score (nSPS) is 10.4. The third-order valence-electron chi connectivity index (χ3n) is 2.54. The molecule has 0 unspecified atom stereocenters. The fraction of sp³-hybridized carbons (Fsp3) is 0.231. The van der Waals surface area contributed by atoms with Crippen LogP contribution in [0.2, 0.25) is 0 Å². The molecular formula is C13H15N3O2S. The van der Waals surface area contributed by atoms with Crippen LogP contribution >= 0.6 is 11.3 Å². The molecule has 0 atom stereocenters. The monoisotopic (exact) mass is 277 g/mol. The Hall–Kier alpha value is -1.76. The molecule has 0 aliphatic carbocycles. The maximum Gasteiger partial charge on any atom is 0.266 e. The van der Waals surface area contributed by atoms with Crippen molar-refractivity contribution in [1.82, 2.24) is 10.4 Å². The third kappa shape index (κ3) is 4.13. The lowest BCUT2D eigenvalue weighted by Gasteiger charge is -2.04. The highest BCUT2D eigenvalue weighted by molar-refractivity contribution is 7.09. The van der Waals surface area contributed by atoms with E-state index < -0.39 is 0 Å². The average Bonchev–Trinajstić information content (AvgIpc) is 2.96. The molecule has 2 heterocycles. The van der Waals surface area contributed by atoms with Crippen LogP contribution in [0.5, 0.6) is 0 Å². The summed E-state index contributed by atoms with van der Waals surface area (Å²) in [6.45, 7) is 1.10. The van der Waals surface area contributed by atoms with E-state index in [1.807, 2.05) is 6.07 Å². The minimum absolute atomic E-state index is 0.349. The van der Waals surface area contributed by atoms with Crippen LogP contribution in [0.25, 0.3) is 0 Å². The van der Waals surface area contributed by atoms with Gasteiger partial charge in [0.1, 0.15) is 0 Å². The molecule has 0 aliphatic rings. The lowest BCUT2D eigenvalue weighted by atomic mass is 10.2. The van der Waals surface area contributed by atoms with E-state index in [9.17, 15) is 4.79 Å². The van der Waals surface area contributed by atoms with Gasteiger partial charge in [-0.05, 0) is 23.6 Å². The van der Waals surface area contributed by atoms with Gasteiger partial charge < -0.3 is 4.74 Å². The van der Waals surface area contributed by atoms with Gasteiger partial charge in [0.2, 0.25) is 0 Å². The first kappa shape index (κ1) is 13.7. The number of nitrogens with two attached hydrogens (primary N) is 1. The molecule has 2 aromatic rings. The SMILES string of the molecule is NNC(=O)c1ccc(COCCc2cccs2)nc1. The Bertz CT molecular complexity index is 511. The van der Waals surface area contributed by atoms with Crippen LogP contribution < -0.4 is 11.3 Å². The van der Waals surface area contributed by atoms with Crippen molar-refractivity contribution in [3.05, 3.63) is 52.0 Å². The van der Waals surface area contributed by atoms with Gasteiger partial charge in [-0.1, -0.05) is 6.07 Å². The first-order chi connectivity index (χ1) is 9.29. The van der Waals surface area contributed by atoms with Crippen LogP contribution in [0.4, 0.5) is 0 Å². The second kappa shape index (κ2) is 6.98. The van der Waals surface area contributed by atoms with Crippen molar-refractivity contribution in [3.63, 3.8) is 0 Å². The molecule has 1 amide bonds. The van der Waals surface area contributed by atoms with Crippen molar-refractivity contribution in [2.24, 2.45) is 5.84 Å². The third-order valence-corrected chi connectivity index (χ3v) is 3.48. The van der Waals surface area contributed by atoms with Crippen LogP contribution in [0.1, 0.15) is 20.9 Å². The van der Waals surface area contributed by atoms with Gasteiger partial charge >= 0.3 is 0 Å². The van der Waals surface area contributed by atoms with Gasteiger partial charge in [-0.25, -0.2) is 5.84 Å². The number of hydrazine groups is 1. The van der Waals surface area contributed by atoms with E-state index in [0.717, 1.165) is 12.1 Å². The first-order valence-electron chi connectivity index (χ1n) is 5.85. The second-order valence-corrected chi connectivity index (χ2v) is 4.93. The van der Waals surface area contributed by atoms with Crippen molar-refractivity contribution >= 4 is 17.2 Å². The maximum atomic E-state index is 11.2. The van der Waals surface area contributed by atoms with Crippen molar-refractivity contribution < 1.29 is 9.53 Å². The molecule has 100 valence electrons. The number of ether oxygens (including phenoxy) is 1. The lowest BCUT2D eigenvalue weighted by Crippen LogP contribution is -2.30. The Morgan fingerprint density at radius 1 is 1.42 bits per heavy atom. The van der Waals surface area contributed by atoms with E-state index in [4.69, 9.17) is 10.6 Å². The molecule has 0 saturated heterocycles. The zero-order valence-corrected chi connectivity index (χ0v) is 11.2. The van der Waals surface area contributed by atoms with Gasteiger partial charge in [0, 0.05) is 17.5 Å². The number of aromatic nitrogens is 1. The predicted octanol–water partition coefficient (Wildman–Crippen LogP) is 1.51. The number of nitrogen functional groups attached to an aromatic ring is 1. The molecule has 3 N–H and O–H groups in total. The number of rotatable bonds is 6. The number of hydrogen-bond acceptors (Lipinski definition) is 5. The first-order valence-corrected chi connectivity index (χ1v) is 6.73. The topological polar surface area (TPSA) is 77.2 Å². The second-order valence-electron chi connectivity index (χ2n) is 3.89. The highest BCUT2D eigenvalue weighted by Crippen LogP contribution is 2.09. The summed E-state index contributed by atoms with van der Waals surface area (Å²) in [5, 5.41) is 2.05. The number of amides is 1. The maximum absolute atomic E-state index is 11.2. The number of thiophene rings is 1. The van der Waals surface area contributed by atoms with Gasteiger partial charge in [0.15, 0.2) is 0 Å². The summed E-state index contributed by atoms with van der Waals surface area (Å²) in [4.78, 5) is 16.7. The average molecular weight is 277 g/mol. The molecule has 0 radical (unpaired) electrons. The lowest BCUT2D eigenvalue weighted by molar-refractivity contribution is 0.0952. The Kier molecular flexibility index (Phi) is 5.02. The zero-order chi connectivity index (χ0) is 13.5. The predicted molar refractivity (Wildman–Crippen MR) is 73.6 cm³/mol. The van der Waals surface area contributed by atoms with Gasteiger partial charge in [-0.2, -0.15) is 0 Å². The van der Waals surface area contributed by atoms with Gasteiger partial charge in [-0.3, -0.25) is 15.2 Å². The number of pyridine rings is 1. The van der Waals surface area contributed by atoms with Crippen molar-refractivity contribution in [3.8, 4) is 0 Å². The summed E-state index contributed by atoms with van der Waals surface area (Å²) in [6.07, 6.45) is 2.39. The molecule has 0 fully saturated rings. The highest BCUT2D eigenvalue weighted by atomic mass is 32.1. The zero-order valence-electron chi connectivity index (χ0n) is 10.3. The Balaban J connectivity index is 1.75. The molecule has 2 aromatic heterocycles. The smallest absolute Gasteiger partial charge is 0.266 e. The molecule has 0 spiro atoms. The van der Waals surface area contributed by atoms with Gasteiger partial charge in [0.25, 0.3) is 5.91 Å². The molecule has 6 heteroatoms. The van der Waals surface area contributed by atoms with Crippen LogP contribution in [-0.2, 0) is 17.8 Å². The summed E-state index contributed by atoms with van der Waals surface area (Å²) in [6, 6.07) is 7.55. The summed E-state index contributed by atoms with van der Waals surface area (Å²) in [5.41, 5.74) is 3.29. The molecule has 19 heavy (non-hydrogen) atoms. The molecule has 0 bridgehead atoms. The molecule has 0 aromatic carbocycles. The van der Waals surface area contributed by atoms with E-state index in [2.05, 4.69) is 21.9 Å². The number of carbonyl (C=O) groups excluding carboxylic acids is 1. The summed E-state index contributed by atoms with van der Waals surface area (Å²) in [5.74, 6) is 4.69. The van der Waals surface area contributed by atoms with E-state index in [0.29, 0.717) is 18.8 Å². The van der Waals surface area contributed by atoms with Gasteiger partial charge in [0.05, 0.1) is 24.5 Å². The summed E-state index contributed by atoms with van der Waals surface area (Å²) < 4.78 is 5.54. The highest BCUT2D eigenvalue weighted by Gasteiger charge is 2.03. The Morgan fingerprint density at radius 3 is 2.95 bits per heavy atom. The number of nitrogens with zero attached hydrogens (tertiary/aromatic N) is 1. The molecule has 2 rings (SSSR count).